The van der Waals surface area contributed by atoms with Gasteiger partial charge in [0.05, 0.1) is 12.7 Å². The summed E-state index contributed by atoms with van der Waals surface area (Å²) in [4.78, 5) is 32.1. The number of hydrogen-bond donors (Lipinski definition) is 4. The number of aliphatic carboxylic acids is 2. The fraction of sp³-hybridized carbons (Fsp3) is 0.943. The largest absolute Gasteiger partial charge is 0.481 e. The standard InChI is InChI=1S/C35H62NO8P/c1-23(2)8-6-9-24(3)28-12-13-29-27-11-10-25-22-26(16-18-34(25,4)30(27)17-19-35(28,29)5)43-20-7-21-44-45(41,42)36-31(33(39)40)14-15-32(37)38/h23-31H,6-22H2,1-5H3,(H,37,38)(H,39,40)(H2,36,41,42)/t24-,25?,26+,27+,28-,29+,30+,31+,34+,35-/m1/s1. The molecule has 260 valence electrons. The van der Waals surface area contributed by atoms with Gasteiger partial charge in [0, 0.05) is 13.0 Å². The molecule has 0 radical (unpaired) electrons. The lowest BCUT2D eigenvalue weighted by Gasteiger charge is -2.61. The Morgan fingerprint density at radius 2 is 1.60 bits per heavy atom. The van der Waals surface area contributed by atoms with Crippen LogP contribution in [0.2, 0.25) is 0 Å². The van der Waals surface area contributed by atoms with E-state index in [-0.39, 0.29) is 19.1 Å². The lowest BCUT2D eigenvalue weighted by atomic mass is 9.44. The van der Waals surface area contributed by atoms with Crippen molar-refractivity contribution < 1.29 is 38.5 Å². The van der Waals surface area contributed by atoms with E-state index in [2.05, 4.69) is 39.7 Å². The molecule has 0 bridgehead atoms. The fourth-order valence-electron chi connectivity index (χ4n) is 10.6. The van der Waals surface area contributed by atoms with E-state index in [1.165, 1.54) is 64.2 Å². The highest BCUT2D eigenvalue weighted by molar-refractivity contribution is 7.50. The van der Waals surface area contributed by atoms with Gasteiger partial charge in [0.1, 0.15) is 6.04 Å². The van der Waals surface area contributed by atoms with E-state index in [4.69, 9.17) is 14.4 Å². The number of carbonyl (C=O) groups is 2. The lowest BCUT2D eigenvalue weighted by molar-refractivity contribution is -0.140. The molecule has 45 heavy (non-hydrogen) atoms. The third kappa shape index (κ3) is 8.93. The average Bonchev–Trinajstić information content (AvgIpc) is 3.32. The minimum atomic E-state index is -4.39. The Labute approximate surface area is 271 Å². The van der Waals surface area contributed by atoms with Crippen LogP contribution < -0.4 is 5.09 Å². The molecule has 10 heteroatoms. The zero-order valence-electron chi connectivity index (χ0n) is 28.5. The van der Waals surface area contributed by atoms with E-state index in [9.17, 15) is 24.2 Å². The molecule has 0 aromatic heterocycles. The maximum atomic E-state index is 12.3. The van der Waals surface area contributed by atoms with Crippen molar-refractivity contribution in [2.75, 3.05) is 13.2 Å². The second-order valence-corrected chi connectivity index (χ2v) is 17.7. The number of rotatable bonds is 17. The molecule has 4 aliphatic carbocycles. The third-order valence-electron chi connectivity index (χ3n) is 13.0. The number of hydrogen-bond acceptors (Lipinski definition) is 5. The first-order valence-corrected chi connectivity index (χ1v) is 19.6. The van der Waals surface area contributed by atoms with Crippen LogP contribution >= 0.6 is 7.75 Å². The van der Waals surface area contributed by atoms with Crippen LogP contribution in [0.5, 0.6) is 0 Å². The topological polar surface area (TPSA) is 142 Å². The molecule has 0 aromatic rings. The van der Waals surface area contributed by atoms with Gasteiger partial charge in [-0.2, -0.15) is 0 Å². The molecule has 0 amide bonds. The van der Waals surface area contributed by atoms with Gasteiger partial charge in [-0.15, -0.1) is 0 Å². The SMILES string of the molecule is CC(C)CCC[C@@H](C)[C@H]1CC[C@H]2[C@@H]3CCC4C[C@@H](OCCCOP(=O)(O)N[C@@H](CCC(=O)O)C(=O)O)CC[C@]4(C)[C@H]3CC[C@]12C. The van der Waals surface area contributed by atoms with Crippen LogP contribution in [0.25, 0.3) is 0 Å². The number of carboxylic acids is 2. The molecule has 11 atom stereocenters. The van der Waals surface area contributed by atoms with Crippen LogP contribution in [-0.2, 0) is 23.4 Å². The first kappa shape index (κ1) is 36.8. The van der Waals surface area contributed by atoms with Crippen LogP contribution in [0.3, 0.4) is 0 Å². The van der Waals surface area contributed by atoms with Crippen LogP contribution in [0.4, 0.5) is 0 Å². The minimum Gasteiger partial charge on any atom is -0.481 e. The summed E-state index contributed by atoms with van der Waals surface area (Å²) in [5.74, 6) is 3.24. The summed E-state index contributed by atoms with van der Waals surface area (Å²) in [7, 11) is -4.39. The molecule has 4 aliphatic rings. The summed E-state index contributed by atoms with van der Waals surface area (Å²) in [6, 6.07) is -1.48. The molecule has 2 unspecified atom stereocenters. The normalized spacial score (nSPS) is 37.2. The minimum absolute atomic E-state index is 0.0544. The van der Waals surface area contributed by atoms with Gasteiger partial charge in [0.2, 0.25) is 0 Å². The van der Waals surface area contributed by atoms with E-state index >= 15 is 0 Å². The van der Waals surface area contributed by atoms with Crippen molar-refractivity contribution in [2.45, 2.75) is 143 Å². The van der Waals surface area contributed by atoms with Gasteiger partial charge in [0.15, 0.2) is 0 Å². The molecule has 4 saturated carbocycles. The molecule has 0 heterocycles. The van der Waals surface area contributed by atoms with Gasteiger partial charge in [-0.3, -0.25) is 14.1 Å². The molecule has 0 spiro atoms. The van der Waals surface area contributed by atoms with Crippen LogP contribution in [0.1, 0.15) is 131 Å². The molecule has 4 fully saturated rings. The Balaban J connectivity index is 1.22. The van der Waals surface area contributed by atoms with E-state index in [0.29, 0.717) is 29.8 Å². The fourth-order valence-corrected chi connectivity index (χ4v) is 11.7. The molecule has 9 nitrogen and oxygen atoms in total. The Morgan fingerprint density at radius 3 is 2.29 bits per heavy atom. The summed E-state index contributed by atoms with van der Waals surface area (Å²) in [6.45, 7) is 12.9. The highest BCUT2D eigenvalue weighted by Crippen LogP contribution is 2.68. The second kappa shape index (κ2) is 15.5. The summed E-state index contributed by atoms with van der Waals surface area (Å²) in [5, 5.41) is 20.1. The molecule has 0 aromatic carbocycles. The maximum Gasteiger partial charge on any atom is 0.403 e. The maximum absolute atomic E-state index is 12.3. The van der Waals surface area contributed by atoms with Crippen molar-refractivity contribution in [3.05, 3.63) is 0 Å². The zero-order valence-corrected chi connectivity index (χ0v) is 29.4. The molecular weight excluding hydrogens is 593 g/mol. The van der Waals surface area contributed by atoms with Crippen LogP contribution in [-0.4, -0.2) is 52.4 Å². The smallest absolute Gasteiger partial charge is 0.403 e. The molecule has 4 rings (SSSR count). The summed E-state index contributed by atoms with van der Waals surface area (Å²) < 4.78 is 23.6. The number of fused-ring (bicyclic) bond motifs is 5. The van der Waals surface area contributed by atoms with Crippen LogP contribution in [0, 0.1) is 52.3 Å². The predicted molar refractivity (Wildman–Crippen MR) is 175 cm³/mol. The summed E-state index contributed by atoms with van der Waals surface area (Å²) >= 11 is 0. The zero-order chi connectivity index (χ0) is 33.0. The molecule has 4 N–H and O–H groups in total. The Kier molecular flexibility index (Phi) is 12.7. The highest BCUT2D eigenvalue weighted by atomic mass is 31.2. The monoisotopic (exact) mass is 655 g/mol. The quantitative estimate of drug-likeness (QED) is 0.0908. The van der Waals surface area contributed by atoms with Crippen molar-refractivity contribution in [1.82, 2.24) is 5.09 Å². The molecular formula is C35H62NO8P. The van der Waals surface area contributed by atoms with Gasteiger partial charge in [-0.25, -0.2) is 9.65 Å². The van der Waals surface area contributed by atoms with Crippen molar-refractivity contribution in [1.29, 1.82) is 0 Å². The number of nitrogens with one attached hydrogen (secondary N) is 1. The highest BCUT2D eigenvalue weighted by Gasteiger charge is 2.60. The van der Waals surface area contributed by atoms with E-state index in [1.807, 2.05) is 0 Å². The van der Waals surface area contributed by atoms with Crippen molar-refractivity contribution in [2.24, 2.45) is 52.3 Å². The molecule has 0 saturated heterocycles. The van der Waals surface area contributed by atoms with Gasteiger partial charge in [-0.1, -0.05) is 53.9 Å². The third-order valence-corrected chi connectivity index (χ3v) is 14.2. The van der Waals surface area contributed by atoms with Gasteiger partial charge in [0.25, 0.3) is 0 Å². The predicted octanol–water partition coefficient (Wildman–Crippen LogP) is 7.91. The van der Waals surface area contributed by atoms with Crippen molar-refractivity contribution >= 4 is 19.7 Å². The average molecular weight is 656 g/mol. The Morgan fingerprint density at radius 1 is 0.889 bits per heavy atom. The van der Waals surface area contributed by atoms with Gasteiger partial charge >= 0.3 is 19.7 Å². The van der Waals surface area contributed by atoms with Crippen LogP contribution in [0.15, 0.2) is 0 Å². The summed E-state index contributed by atoms with van der Waals surface area (Å²) in [6.07, 6.45) is 15.6. The Bertz CT molecular complexity index is 1050. The molecule has 0 aliphatic heterocycles. The van der Waals surface area contributed by atoms with Gasteiger partial charge < -0.3 is 19.8 Å². The first-order valence-electron chi connectivity index (χ1n) is 18.0. The first-order chi connectivity index (χ1) is 21.2. The van der Waals surface area contributed by atoms with E-state index < -0.39 is 32.1 Å². The van der Waals surface area contributed by atoms with Crippen molar-refractivity contribution in [3.8, 4) is 0 Å². The number of carboxylic acid groups (broad SMARTS) is 2. The van der Waals surface area contributed by atoms with E-state index in [1.54, 1.807) is 0 Å². The lowest BCUT2D eigenvalue weighted by Crippen LogP contribution is -2.54. The second-order valence-electron chi connectivity index (χ2n) is 16.1. The van der Waals surface area contributed by atoms with Gasteiger partial charge in [-0.05, 0) is 123 Å². The summed E-state index contributed by atoms with van der Waals surface area (Å²) in [5.41, 5.74) is 0.912. The number of ether oxygens (including phenoxy) is 1. The van der Waals surface area contributed by atoms with E-state index in [0.717, 1.165) is 48.3 Å². The van der Waals surface area contributed by atoms with Crippen molar-refractivity contribution in [3.63, 3.8) is 0 Å². The Hall–Kier alpha value is -0.990.